The quantitative estimate of drug-likeness (QED) is 0.474. The highest BCUT2D eigenvalue weighted by atomic mass is 35.5. The van der Waals surface area contributed by atoms with Crippen molar-refractivity contribution in [2.75, 3.05) is 5.32 Å². The molecule has 0 saturated carbocycles. The third-order valence-electron chi connectivity index (χ3n) is 3.59. The molecule has 3 rings (SSSR count). The van der Waals surface area contributed by atoms with E-state index in [1.54, 1.807) is 18.2 Å². The van der Waals surface area contributed by atoms with Crippen LogP contribution in [0.4, 0.5) is 18.9 Å². The zero-order valence-electron chi connectivity index (χ0n) is 13.2. The Morgan fingerprint density at radius 2 is 1.70 bits per heavy atom. The average molecular weight is 435 g/mol. The maximum Gasteiger partial charge on any atom is 0.416 e. The topological polar surface area (TPSA) is 42.2 Å². The number of halogens is 6. The number of hydrogen-bond donors (Lipinski definition) is 1. The first-order chi connectivity index (χ1) is 12.7. The molecule has 1 heterocycles. The molecule has 9 heteroatoms. The van der Waals surface area contributed by atoms with E-state index in [0.717, 1.165) is 18.2 Å². The molecule has 0 aliphatic heterocycles. The number of alkyl halides is 3. The third-order valence-corrected chi connectivity index (χ3v) is 4.72. The number of anilines is 1. The molecule has 1 aromatic heterocycles. The fourth-order valence-corrected chi connectivity index (χ4v) is 2.90. The Balaban J connectivity index is 1.82. The summed E-state index contributed by atoms with van der Waals surface area (Å²) >= 11 is 17.9. The van der Waals surface area contributed by atoms with Gasteiger partial charge in [0, 0.05) is 5.56 Å². The summed E-state index contributed by atoms with van der Waals surface area (Å²) in [5.74, 6) is -0.441. The van der Waals surface area contributed by atoms with Crippen molar-refractivity contribution in [3.05, 3.63) is 74.9 Å². The van der Waals surface area contributed by atoms with Gasteiger partial charge in [0.05, 0.1) is 26.3 Å². The summed E-state index contributed by atoms with van der Waals surface area (Å²) in [6.07, 6.45) is -4.53. The lowest BCUT2D eigenvalue weighted by molar-refractivity contribution is -0.137. The number of benzene rings is 2. The molecular formula is C18H9Cl3F3NO2. The predicted octanol–water partition coefficient (Wildman–Crippen LogP) is 7.18. The van der Waals surface area contributed by atoms with Crippen LogP contribution in [0.5, 0.6) is 0 Å². The van der Waals surface area contributed by atoms with Crippen molar-refractivity contribution < 1.29 is 22.4 Å². The van der Waals surface area contributed by atoms with E-state index in [4.69, 9.17) is 39.2 Å². The van der Waals surface area contributed by atoms with Gasteiger partial charge in [0.15, 0.2) is 5.76 Å². The van der Waals surface area contributed by atoms with Crippen molar-refractivity contribution in [1.82, 2.24) is 0 Å². The van der Waals surface area contributed by atoms with Crippen molar-refractivity contribution in [3.63, 3.8) is 0 Å². The second-order valence-corrected chi connectivity index (χ2v) is 6.60. The smallest absolute Gasteiger partial charge is 0.416 e. The van der Waals surface area contributed by atoms with Gasteiger partial charge in [-0.25, -0.2) is 0 Å². The van der Waals surface area contributed by atoms with Crippen LogP contribution in [-0.4, -0.2) is 5.91 Å². The largest absolute Gasteiger partial charge is 0.451 e. The van der Waals surface area contributed by atoms with Crippen LogP contribution >= 0.6 is 34.8 Å². The zero-order valence-corrected chi connectivity index (χ0v) is 15.5. The second kappa shape index (κ2) is 7.46. The van der Waals surface area contributed by atoms with Crippen LogP contribution in [0.15, 0.2) is 52.9 Å². The van der Waals surface area contributed by atoms with E-state index in [0.29, 0.717) is 16.3 Å². The van der Waals surface area contributed by atoms with E-state index < -0.39 is 17.6 Å². The first-order valence-corrected chi connectivity index (χ1v) is 8.52. The summed E-state index contributed by atoms with van der Waals surface area (Å²) < 4.78 is 43.5. The third kappa shape index (κ3) is 4.24. The molecule has 140 valence electrons. The Hall–Kier alpha value is -2.15. The lowest BCUT2D eigenvalue weighted by Gasteiger charge is -2.10. The van der Waals surface area contributed by atoms with Gasteiger partial charge in [0.25, 0.3) is 5.91 Å². The number of rotatable bonds is 3. The van der Waals surface area contributed by atoms with Gasteiger partial charge < -0.3 is 9.73 Å². The molecule has 0 bridgehead atoms. The highest BCUT2D eigenvalue weighted by Gasteiger charge is 2.31. The van der Waals surface area contributed by atoms with Crippen LogP contribution < -0.4 is 5.32 Å². The number of amides is 1. The van der Waals surface area contributed by atoms with E-state index in [2.05, 4.69) is 5.32 Å². The van der Waals surface area contributed by atoms with E-state index >= 15 is 0 Å². The molecule has 3 nitrogen and oxygen atoms in total. The molecular weight excluding hydrogens is 426 g/mol. The lowest BCUT2D eigenvalue weighted by Crippen LogP contribution is -2.12. The molecule has 0 unspecified atom stereocenters. The Labute approximate surface area is 166 Å². The molecule has 0 aliphatic rings. The first-order valence-electron chi connectivity index (χ1n) is 7.39. The highest BCUT2D eigenvalue weighted by molar-refractivity contribution is 6.43. The molecule has 1 N–H and O–H groups in total. The normalized spacial score (nSPS) is 11.5. The molecule has 0 radical (unpaired) electrons. The highest BCUT2D eigenvalue weighted by Crippen LogP contribution is 2.35. The second-order valence-electron chi connectivity index (χ2n) is 5.41. The zero-order chi connectivity index (χ0) is 19.8. The van der Waals surface area contributed by atoms with Gasteiger partial charge in [-0.3, -0.25) is 4.79 Å². The molecule has 2 aromatic carbocycles. The minimum atomic E-state index is -4.53. The van der Waals surface area contributed by atoms with Crippen LogP contribution in [0.25, 0.3) is 11.3 Å². The lowest BCUT2D eigenvalue weighted by atomic mass is 10.2. The van der Waals surface area contributed by atoms with Gasteiger partial charge in [-0.05, 0) is 42.5 Å². The summed E-state index contributed by atoms with van der Waals surface area (Å²) in [7, 11) is 0. The van der Waals surface area contributed by atoms with Crippen molar-refractivity contribution in [1.29, 1.82) is 0 Å². The maximum absolute atomic E-state index is 12.7. The molecule has 1 amide bonds. The average Bonchev–Trinajstić information content (AvgIpc) is 3.08. The predicted molar refractivity (Wildman–Crippen MR) is 98.6 cm³/mol. The van der Waals surface area contributed by atoms with Gasteiger partial charge in [-0.2, -0.15) is 13.2 Å². The van der Waals surface area contributed by atoms with Crippen molar-refractivity contribution in [3.8, 4) is 11.3 Å². The van der Waals surface area contributed by atoms with Gasteiger partial charge in [-0.15, -0.1) is 0 Å². The number of nitrogens with one attached hydrogen (secondary N) is 1. The van der Waals surface area contributed by atoms with Crippen molar-refractivity contribution in [2.45, 2.75) is 6.18 Å². The summed E-state index contributed by atoms with van der Waals surface area (Å²) in [6.45, 7) is 0. The van der Waals surface area contributed by atoms with Crippen LogP contribution in [-0.2, 0) is 6.18 Å². The molecule has 0 spiro atoms. The van der Waals surface area contributed by atoms with Crippen molar-refractivity contribution in [2.24, 2.45) is 0 Å². The number of carbonyl (C=O) groups excluding carboxylic acids is 1. The van der Waals surface area contributed by atoms with Crippen LogP contribution in [0.3, 0.4) is 0 Å². The standard InChI is InChI=1S/C18H9Cl3F3NO2/c19-11-3-1-2-10(16(11)21)14-6-7-15(27-14)17(26)25-13-5-4-9(8-12(13)20)18(22,23)24/h1-8H,(H,25,26). The minimum Gasteiger partial charge on any atom is -0.451 e. The van der Waals surface area contributed by atoms with E-state index in [1.807, 2.05) is 0 Å². The number of furan rings is 1. The summed E-state index contributed by atoms with van der Waals surface area (Å²) in [5.41, 5.74) is -0.398. The summed E-state index contributed by atoms with van der Waals surface area (Å²) in [4.78, 5) is 12.3. The molecule has 0 atom stereocenters. The first kappa shape index (κ1) is 19.6. The Bertz CT molecular complexity index is 1020. The number of hydrogen-bond acceptors (Lipinski definition) is 2. The Morgan fingerprint density at radius 3 is 2.37 bits per heavy atom. The Morgan fingerprint density at radius 1 is 0.963 bits per heavy atom. The van der Waals surface area contributed by atoms with E-state index in [-0.39, 0.29) is 21.5 Å². The molecule has 3 aromatic rings. The van der Waals surface area contributed by atoms with Crippen LogP contribution in [0.1, 0.15) is 16.1 Å². The van der Waals surface area contributed by atoms with Crippen molar-refractivity contribution >= 4 is 46.4 Å². The van der Waals surface area contributed by atoms with Gasteiger partial charge in [0.2, 0.25) is 0 Å². The molecule has 27 heavy (non-hydrogen) atoms. The van der Waals surface area contributed by atoms with Gasteiger partial charge in [-0.1, -0.05) is 40.9 Å². The fraction of sp³-hybridized carbons (Fsp3) is 0.0556. The monoisotopic (exact) mass is 433 g/mol. The molecule has 0 fully saturated rings. The van der Waals surface area contributed by atoms with Gasteiger partial charge >= 0.3 is 6.18 Å². The van der Waals surface area contributed by atoms with E-state index in [1.165, 1.54) is 12.1 Å². The molecule has 0 aliphatic carbocycles. The van der Waals surface area contributed by atoms with E-state index in [9.17, 15) is 18.0 Å². The minimum absolute atomic E-state index is 0.0217. The summed E-state index contributed by atoms with van der Waals surface area (Å²) in [5, 5.41) is 2.75. The van der Waals surface area contributed by atoms with Crippen LogP contribution in [0, 0.1) is 0 Å². The summed E-state index contributed by atoms with van der Waals surface area (Å²) in [6, 6.07) is 10.5. The maximum atomic E-state index is 12.7. The number of carbonyl (C=O) groups is 1. The van der Waals surface area contributed by atoms with Crippen LogP contribution in [0.2, 0.25) is 15.1 Å². The fourth-order valence-electron chi connectivity index (χ4n) is 2.28. The Kier molecular flexibility index (Phi) is 5.42. The SMILES string of the molecule is O=C(Nc1ccc(C(F)(F)F)cc1Cl)c1ccc(-c2cccc(Cl)c2Cl)o1. The molecule has 0 saturated heterocycles. The van der Waals surface area contributed by atoms with Gasteiger partial charge in [0.1, 0.15) is 5.76 Å².